The van der Waals surface area contributed by atoms with Gasteiger partial charge in [0.2, 0.25) is 15.9 Å². The van der Waals surface area contributed by atoms with Crippen molar-refractivity contribution in [3.8, 4) is 0 Å². The van der Waals surface area contributed by atoms with Gasteiger partial charge >= 0.3 is 0 Å². The minimum atomic E-state index is -3.15. The van der Waals surface area contributed by atoms with Gasteiger partial charge in [0.25, 0.3) is 0 Å². The van der Waals surface area contributed by atoms with Crippen LogP contribution < -0.4 is 5.32 Å². The fourth-order valence-corrected chi connectivity index (χ4v) is 3.23. The van der Waals surface area contributed by atoms with Gasteiger partial charge in [0.05, 0.1) is 12.4 Å². The number of piperidine rings is 1. The number of amides is 1. The molecule has 0 aliphatic carbocycles. The van der Waals surface area contributed by atoms with Crippen LogP contribution in [0.1, 0.15) is 40.0 Å². The van der Waals surface area contributed by atoms with E-state index >= 15 is 0 Å². The van der Waals surface area contributed by atoms with E-state index in [0.29, 0.717) is 38.9 Å². The quantitative estimate of drug-likeness (QED) is 0.775. The highest BCUT2D eigenvalue weighted by Crippen LogP contribution is 2.22. The Hall–Kier alpha value is -0.660. The van der Waals surface area contributed by atoms with Gasteiger partial charge in [0.1, 0.15) is 0 Å². The van der Waals surface area contributed by atoms with Crippen LogP contribution in [0, 0.1) is 11.3 Å². The fourth-order valence-electron chi connectivity index (χ4n) is 2.36. The maximum Gasteiger partial charge on any atom is 0.223 e. The number of carbonyl (C=O) groups excluding carboxylic acids is 1. The molecule has 1 amide bonds. The van der Waals surface area contributed by atoms with Crippen LogP contribution in [0.3, 0.4) is 0 Å². The van der Waals surface area contributed by atoms with Crippen LogP contribution in [-0.2, 0) is 14.8 Å². The van der Waals surface area contributed by atoms with E-state index in [1.54, 1.807) is 0 Å². The first kappa shape index (κ1) is 18.4. The van der Waals surface area contributed by atoms with Crippen molar-refractivity contribution >= 4 is 15.9 Å². The second-order valence-corrected chi connectivity index (χ2v) is 8.88. The molecule has 0 aromatic rings. The molecule has 124 valence electrons. The highest BCUT2D eigenvalue weighted by molar-refractivity contribution is 7.88. The van der Waals surface area contributed by atoms with E-state index in [1.807, 2.05) is 20.8 Å². The summed E-state index contributed by atoms with van der Waals surface area (Å²) in [6.07, 6.45) is 2.38. The van der Waals surface area contributed by atoms with Crippen molar-refractivity contribution in [3.05, 3.63) is 0 Å². The molecule has 1 heterocycles. The second kappa shape index (κ2) is 7.07. The van der Waals surface area contributed by atoms with E-state index in [9.17, 15) is 18.3 Å². The van der Waals surface area contributed by atoms with Gasteiger partial charge in [-0.2, -0.15) is 0 Å². The topological polar surface area (TPSA) is 86.7 Å². The maximum absolute atomic E-state index is 12.0. The first-order valence-corrected chi connectivity index (χ1v) is 9.27. The number of rotatable bonds is 5. The summed E-state index contributed by atoms with van der Waals surface area (Å²) >= 11 is 0. The van der Waals surface area contributed by atoms with Crippen molar-refractivity contribution in [2.45, 2.75) is 46.1 Å². The van der Waals surface area contributed by atoms with Gasteiger partial charge < -0.3 is 10.4 Å². The summed E-state index contributed by atoms with van der Waals surface area (Å²) < 4.78 is 24.2. The van der Waals surface area contributed by atoms with Gasteiger partial charge in [-0.15, -0.1) is 0 Å². The van der Waals surface area contributed by atoms with E-state index in [1.165, 1.54) is 10.6 Å². The number of aliphatic hydroxyl groups excluding tert-OH is 1. The van der Waals surface area contributed by atoms with Crippen LogP contribution in [0.4, 0.5) is 0 Å². The number of sulfonamides is 1. The molecule has 0 aromatic heterocycles. The molecule has 21 heavy (non-hydrogen) atoms. The summed E-state index contributed by atoms with van der Waals surface area (Å²) in [5, 5.41) is 12.8. The number of nitrogens with zero attached hydrogens (tertiary/aromatic N) is 1. The zero-order valence-electron chi connectivity index (χ0n) is 13.4. The van der Waals surface area contributed by atoms with E-state index in [4.69, 9.17) is 0 Å². The van der Waals surface area contributed by atoms with Crippen molar-refractivity contribution in [3.63, 3.8) is 0 Å². The highest BCUT2D eigenvalue weighted by Gasteiger charge is 2.29. The van der Waals surface area contributed by atoms with E-state index in [-0.39, 0.29) is 17.2 Å². The molecule has 0 aromatic carbocycles. The van der Waals surface area contributed by atoms with Crippen molar-refractivity contribution in [2.24, 2.45) is 11.3 Å². The average molecular weight is 320 g/mol. The third-order valence-corrected chi connectivity index (χ3v) is 5.31. The van der Waals surface area contributed by atoms with Crippen LogP contribution in [0.15, 0.2) is 0 Å². The van der Waals surface area contributed by atoms with Crippen molar-refractivity contribution in [1.29, 1.82) is 0 Å². The summed E-state index contributed by atoms with van der Waals surface area (Å²) in [5.41, 5.74) is -0.189. The first-order valence-electron chi connectivity index (χ1n) is 7.42. The molecule has 0 bridgehead atoms. The SMILES string of the molecule is CC(C)(C)C(O)CCNC(=O)C1CCN(S(C)(=O)=O)CC1. The minimum Gasteiger partial charge on any atom is -0.393 e. The van der Waals surface area contributed by atoms with Crippen molar-refractivity contribution < 1.29 is 18.3 Å². The molecule has 2 N–H and O–H groups in total. The molecule has 1 fully saturated rings. The normalized spacial score (nSPS) is 20.2. The zero-order chi connectivity index (χ0) is 16.3. The lowest BCUT2D eigenvalue weighted by molar-refractivity contribution is -0.126. The highest BCUT2D eigenvalue weighted by atomic mass is 32.2. The first-order chi connectivity index (χ1) is 9.51. The molecule has 1 saturated heterocycles. The Morgan fingerprint density at radius 1 is 1.33 bits per heavy atom. The Balaban J connectivity index is 2.32. The molecule has 1 unspecified atom stereocenters. The molecule has 1 rings (SSSR count). The Bertz CT molecular complexity index is 448. The molecule has 0 saturated carbocycles. The average Bonchev–Trinajstić information content (AvgIpc) is 2.36. The van der Waals surface area contributed by atoms with E-state index in [0.717, 1.165) is 0 Å². The van der Waals surface area contributed by atoms with Crippen LogP contribution in [0.25, 0.3) is 0 Å². The lowest BCUT2D eigenvalue weighted by Crippen LogP contribution is -2.43. The maximum atomic E-state index is 12.0. The number of hydrogen-bond acceptors (Lipinski definition) is 4. The van der Waals surface area contributed by atoms with Gasteiger partial charge in [-0.3, -0.25) is 4.79 Å². The van der Waals surface area contributed by atoms with Gasteiger partial charge in [0.15, 0.2) is 0 Å². The summed E-state index contributed by atoms with van der Waals surface area (Å²) in [6, 6.07) is 0. The molecule has 1 atom stereocenters. The smallest absolute Gasteiger partial charge is 0.223 e. The predicted molar refractivity (Wildman–Crippen MR) is 82.2 cm³/mol. The fraction of sp³-hybridized carbons (Fsp3) is 0.929. The lowest BCUT2D eigenvalue weighted by atomic mass is 9.87. The summed E-state index contributed by atoms with van der Waals surface area (Å²) in [6.45, 7) is 7.13. The van der Waals surface area contributed by atoms with Gasteiger partial charge in [-0.05, 0) is 24.7 Å². The Morgan fingerprint density at radius 2 is 1.86 bits per heavy atom. The molecule has 7 heteroatoms. The third kappa shape index (κ3) is 5.92. The van der Waals surface area contributed by atoms with Crippen molar-refractivity contribution in [2.75, 3.05) is 25.9 Å². The van der Waals surface area contributed by atoms with Gasteiger partial charge in [0, 0.05) is 25.6 Å². The van der Waals surface area contributed by atoms with Crippen LogP contribution in [0.2, 0.25) is 0 Å². The second-order valence-electron chi connectivity index (χ2n) is 6.90. The van der Waals surface area contributed by atoms with Crippen LogP contribution >= 0.6 is 0 Å². The molecule has 0 spiro atoms. The standard InChI is InChI=1S/C14H28N2O4S/c1-14(2,3)12(17)5-8-15-13(18)11-6-9-16(10-7-11)21(4,19)20/h11-12,17H,5-10H2,1-4H3,(H,15,18). The van der Waals surface area contributed by atoms with Gasteiger partial charge in [-0.1, -0.05) is 20.8 Å². The number of carbonyl (C=O) groups is 1. The van der Waals surface area contributed by atoms with E-state index < -0.39 is 16.1 Å². The largest absolute Gasteiger partial charge is 0.393 e. The summed E-state index contributed by atoms with van der Waals surface area (Å²) in [4.78, 5) is 12.0. The van der Waals surface area contributed by atoms with Crippen molar-refractivity contribution in [1.82, 2.24) is 9.62 Å². The predicted octanol–water partition coefficient (Wildman–Crippen LogP) is 0.571. The number of aliphatic hydroxyl groups is 1. The number of nitrogens with one attached hydrogen (secondary N) is 1. The summed E-state index contributed by atoms with van der Waals surface area (Å²) in [5.74, 6) is -0.168. The third-order valence-electron chi connectivity index (χ3n) is 4.01. The van der Waals surface area contributed by atoms with Crippen LogP contribution in [0.5, 0.6) is 0 Å². The Kier molecular flexibility index (Phi) is 6.19. The zero-order valence-corrected chi connectivity index (χ0v) is 14.2. The monoisotopic (exact) mass is 320 g/mol. The Morgan fingerprint density at radius 3 is 2.29 bits per heavy atom. The van der Waals surface area contributed by atoms with Gasteiger partial charge in [-0.25, -0.2) is 12.7 Å². The Labute approximate surface area is 128 Å². The molecular weight excluding hydrogens is 292 g/mol. The lowest BCUT2D eigenvalue weighted by Gasteiger charge is -2.30. The molecule has 6 nitrogen and oxygen atoms in total. The molecule has 1 aliphatic rings. The summed E-state index contributed by atoms with van der Waals surface area (Å²) in [7, 11) is -3.15. The molecule has 1 aliphatic heterocycles. The minimum absolute atomic E-state index is 0.0377. The van der Waals surface area contributed by atoms with E-state index in [2.05, 4.69) is 5.32 Å². The molecular formula is C14H28N2O4S. The number of hydrogen-bond donors (Lipinski definition) is 2. The molecule has 0 radical (unpaired) electrons. The van der Waals surface area contributed by atoms with Crippen LogP contribution in [-0.4, -0.2) is 55.7 Å².